The van der Waals surface area contributed by atoms with E-state index in [1.165, 1.54) is 12.1 Å². The summed E-state index contributed by atoms with van der Waals surface area (Å²) in [4.78, 5) is 20.9. The second-order valence-corrected chi connectivity index (χ2v) is 7.25. The van der Waals surface area contributed by atoms with E-state index in [9.17, 15) is 13.6 Å². The Morgan fingerprint density at radius 1 is 1.23 bits per heavy atom. The monoisotopic (exact) mass is 429 g/mol. The number of amides is 1. The van der Waals surface area contributed by atoms with Gasteiger partial charge < -0.3 is 15.1 Å². The number of nitrogens with one attached hydrogen (secondary N) is 1. The lowest BCUT2D eigenvalue weighted by Gasteiger charge is -2.33. The number of halogens is 2. The number of aromatic nitrogens is 1. The average molecular weight is 430 g/mol. The Morgan fingerprint density at radius 3 is 2.58 bits per heavy atom. The molecule has 166 valence electrons. The van der Waals surface area contributed by atoms with E-state index in [2.05, 4.69) is 21.3 Å². The van der Waals surface area contributed by atoms with E-state index in [1.807, 2.05) is 26.8 Å². The predicted molar refractivity (Wildman–Crippen MR) is 116 cm³/mol. The van der Waals surface area contributed by atoms with Gasteiger partial charge in [-0.1, -0.05) is 6.07 Å². The second-order valence-electron chi connectivity index (χ2n) is 7.25. The Kier molecular flexibility index (Phi) is 9.35. The van der Waals surface area contributed by atoms with Crippen molar-refractivity contribution in [2.75, 3.05) is 31.1 Å². The van der Waals surface area contributed by atoms with Gasteiger partial charge in [0.1, 0.15) is 23.5 Å². The van der Waals surface area contributed by atoms with Crippen LogP contribution in [0.3, 0.4) is 0 Å². The molecule has 2 rings (SSSR count). The quantitative estimate of drug-likeness (QED) is 0.554. The van der Waals surface area contributed by atoms with Crippen LogP contribution in [0.1, 0.15) is 38.3 Å². The normalized spacial score (nSPS) is 11.6. The molecule has 31 heavy (non-hydrogen) atoms. The van der Waals surface area contributed by atoms with E-state index in [0.717, 1.165) is 18.4 Å². The van der Waals surface area contributed by atoms with Gasteiger partial charge in [-0.05, 0) is 39.0 Å². The second kappa shape index (κ2) is 12.0. The molecule has 0 fully saturated rings. The van der Waals surface area contributed by atoms with E-state index in [0.29, 0.717) is 30.8 Å². The van der Waals surface area contributed by atoms with E-state index in [1.54, 1.807) is 17.2 Å². The fraction of sp³-hybridized carbons (Fsp3) is 0.435. The Morgan fingerprint density at radius 2 is 2.00 bits per heavy atom. The van der Waals surface area contributed by atoms with Gasteiger partial charge in [-0.2, -0.15) is 5.26 Å². The molecule has 1 amide bonds. The fourth-order valence-corrected chi connectivity index (χ4v) is 3.39. The zero-order valence-electron chi connectivity index (χ0n) is 18.2. The van der Waals surface area contributed by atoms with Gasteiger partial charge in [0, 0.05) is 63.0 Å². The smallest absolute Gasteiger partial charge is 0.223 e. The topological polar surface area (TPSA) is 72.3 Å². The number of rotatable bonds is 11. The van der Waals surface area contributed by atoms with Crippen molar-refractivity contribution in [3.63, 3.8) is 0 Å². The van der Waals surface area contributed by atoms with Crippen LogP contribution in [0.4, 0.5) is 14.6 Å². The molecule has 8 heteroatoms. The van der Waals surface area contributed by atoms with E-state index in [4.69, 9.17) is 5.26 Å². The Bertz CT molecular complexity index is 898. The van der Waals surface area contributed by atoms with Crippen LogP contribution in [0.25, 0.3) is 0 Å². The molecule has 0 aliphatic heterocycles. The van der Waals surface area contributed by atoms with Crippen LogP contribution in [-0.2, 0) is 11.3 Å². The van der Waals surface area contributed by atoms with Gasteiger partial charge in [0.2, 0.25) is 5.91 Å². The van der Waals surface area contributed by atoms with Gasteiger partial charge in [-0.25, -0.2) is 13.8 Å². The minimum atomic E-state index is -0.610. The molecule has 1 atom stereocenters. The highest BCUT2D eigenvalue weighted by molar-refractivity contribution is 5.76. The number of likely N-dealkylation sites (N-methyl/N-ethyl adjacent to an activating group) is 2. The number of carbonyl (C=O) groups excluding carboxylic acids is 1. The summed E-state index contributed by atoms with van der Waals surface area (Å²) in [6.45, 7) is 8.46. The molecular formula is C23H29F2N5O. The SMILES string of the molecule is CCN(CC(C)N(CC)c1ccc(C#N)cn1)C(=O)CCNCc1ccc(F)cc1F. The molecule has 2 aromatic rings. The molecular weight excluding hydrogens is 400 g/mol. The summed E-state index contributed by atoms with van der Waals surface area (Å²) in [5, 5.41) is 12.0. The van der Waals surface area contributed by atoms with Crippen molar-refractivity contribution in [3.8, 4) is 6.07 Å². The first kappa shape index (κ1) is 24.2. The number of nitriles is 1. The van der Waals surface area contributed by atoms with Crippen molar-refractivity contribution < 1.29 is 13.6 Å². The van der Waals surface area contributed by atoms with Crippen LogP contribution in [0, 0.1) is 23.0 Å². The highest BCUT2D eigenvalue weighted by Gasteiger charge is 2.20. The minimum absolute atomic E-state index is 0.00488. The molecule has 0 spiro atoms. The van der Waals surface area contributed by atoms with Gasteiger partial charge in [0.15, 0.2) is 0 Å². The van der Waals surface area contributed by atoms with Gasteiger partial charge in [0.25, 0.3) is 0 Å². The lowest BCUT2D eigenvalue weighted by molar-refractivity contribution is -0.131. The maximum atomic E-state index is 13.7. The van der Waals surface area contributed by atoms with Crippen LogP contribution in [-0.4, -0.2) is 48.0 Å². The number of hydrogen-bond acceptors (Lipinski definition) is 5. The molecule has 1 aromatic heterocycles. The maximum Gasteiger partial charge on any atom is 0.223 e. The lowest BCUT2D eigenvalue weighted by Crippen LogP contribution is -2.45. The van der Waals surface area contributed by atoms with E-state index < -0.39 is 11.6 Å². The predicted octanol–water partition coefficient (Wildman–Crippen LogP) is 3.47. The van der Waals surface area contributed by atoms with Crippen molar-refractivity contribution in [2.24, 2.45) is 0 Å². The fourth-order valence-electron chi connectivity index (χ4n) is 3.39. The number of carbonyl (C=O) groups is 1. The molecule has 1 heterocycles. The van der Waals surface area contributed by atoms with Crippen LogP contribution < -0.4 is 10.2 Å². The Labute approximate surface area is 182 Å². The minimum Gasteiger partial charge on any atom is -0.352 e. The zero-order valence-corrected chi connectivity index (χ0v) is 18.2. The van der Waals surface area contributed by atoms with Gasteiger partial charge in [-0.15, -0.1) is 0 Å². The molecule has 0 saturated carbocycles. The van der Waals surface area contributed by atoms with Crippen molar-refractivity contribution in [1.82, 2.24) is 15.2 Å². The highest BCUT2D eigenvalue weighted by Crippen LogP contribution is 2.15. The standard InChI is InChI=1S/C23H29F2N5O/c1-4-29(16-17(3)30(5-2)22-9-6-18(13-26)14-28-22)23(31)10-11-27-15-19-7-8-20(24)12-21(19)25/h6-9,12,14,17,27H,4-5,10-11,15-16H2,1-3H3. The van der Waals surface area contributed by atoms with Gasteiger partial charge in [0.05, 0.1) is 5.56 Å². The Hall–Kier alpha value is -3.05. The molecule has 1 aromatic carbocycles. The first-order chi connectivity index (χ1) is 14.9. The Balaban J connectivity index is 1.86. The summed E-state index contributed by atoms with van der Waals surface area (Å²) >= 11 is 0. The molecule has 1 unspecified atom stereocenters. The number of hydrogen-bond donors (Lipinski definition) is 1. The third-order valence-corrected chi connectivity index (χ3v) is 5.11. The summed E-state index contributed by atoms with van der Waals surface area (Å²) in [6, 6.07) is 9.11. The van der Waals surface area contributed by atoms with Crippen LogP contribution in [0.2, 0.25) is 0 Å². The van der Waals surface area contributed by atoms with Crippen molar-refractivity contribution in [3.05, 3.63) is 59.3 Å². The number of pyridine rings is 1. The average Bonchev–Trinajstić information content (AvgIpc) is 2.77. The molecule has 0 saturated heterocycles. The largest absolute Gasteiger partial charge is 0.352 e. The molecule has 1 N–H and O–H groups in total. The highest BCUT2D eigenvalue weighted by atomic mass is 19.1. The zero-order chi connectivity index (χ0) is 22.8. The third-order valence-electron chi connectivity index (χ3n) is 5.11. The van der Waals surface area contributed by atoms with Crippen molar-refractivity contribution >= 4 is 11.7 Å². The first-order valence-corrected chi connectivity index (χ1v) is 10.4. The van der Waals surface area contributed by atoms with E-state index in [-0.39, 0.29) is 24.9 Å². The van der Waals surface area contributed by atoms with Crippen LogP contribution in [0.5, 0.6) is 0 Å². The molecule has 0 bridgehead atoms. The molecule has 0 aliphatic carbocycles. The lowest BCUT2D eigenvalue weighted by atomic mass is 10.2. The maximum absolute atomic E-state index is 13.7. The van der Waals surface area contributed by atoms with Crippen molar-refractivity contribution in [1.29, 1.82) is 5.26 Å². The molecule has 6 nitrogen and oxygen atoms in total. The van der Waals surface area contributed by atoms with Crippen molar-refractivity contribution in [2.45, 2.75) is 39.8 Å². The number of nitrogens with zero attached hydrogens (tertiary/aromatic N) is 4. The molecule has 0 radical (unpaired) electrons. The first-order valence-electron chi connectivity index (χ1n) is 10.4. The summed E-state index contributed by atoms with van der Waals surface area (Å²) in [7, 11) is 0. The third kappa shape index (κ3) is 7.00. The van der Waals surface area contributed by atoms with E-state index >= 15 is 0 Å². The van der Waals surface area contributed by atoms with Gasteiger partial charge >= 0.3 is 0 Å². The van der Waals surface area contributed by atoms with Gasteiger partial charge in [-0.3, -0.25) is 4.79 Å². The summed E-state index contributed by atoms with van der Waals surface area (Å²) < 4.78 is 26.6. The number of benzene rings is 1. The van der Waals surface area contributed by atoms with Crippen LogP contribution in [0.15, 0.2) is 36.5 Å². The molecule has 0 aliphatic rings. The number of anilines is 1. The summed E-state index contributed by atoms with van der Waals surface area (Å²) in [5.41, 5.74) is 0.870. The van der Waals surface area contributed by atoms with Crippen LogP contribution >= 0.6 is 0 Å². The summed E-state index contributed by atoms with van der Waals surface area (Å²) in [5.74, 6) is -0.439. The summed E-state index contributed by atoms with van der Waals surface area (Å²) in [6.07, 6.45) is 1.83.